The molecule has 1 saturated heterocycles. The van der Waals surface area contributed by atoms with Gasteiger partial charge in [0.15, 0.2) is 5.82 Å². The highest BCUT2D eigenvalue weighted by Gasteiger charge is 2.27. The molecule has 0 saturated carbocycles. The lowest BCUT2D eigenvalue weighted by molar-refractivity contribution is -0.145. The Balaban J connectivity index is 1.88. The minimum absolute atomic E-state index is 0.0918. The van der Waals surface area contributed by atoms with Crippen LogP contribution in [0.5, 0.6) is 0 Å². The van der Waals surface area contributed by atoms with Gasteiger partial charge in [-0.1, -0.05) is 0 Å². The Kier molecular flexibility index (Phi) is 4.50. The van der Waals surface area contributed by atoms with Gasteiger partial charge in [-0.25, -0.2) is 9.97 Å². The fourth-order valence-electron chi connectivity index (χ4n) is 2.88. The van der Waals surface area contributed by atoms with E-state index in [2.05, 4.69) is 19.9 Å². The summed E-state index contributed by atoms with van der Waals surface area (Å²) in [5.41, 5.74) is 1.79. The maximum Gasteiger partial charge on any atom is 0.310 e. The molecule has 0 radical (unpaired) electrons. The van der Waals surface area contributed by atoms with Gasteiger partial charge in [0.1, 0.15) is 5.82 Å². The van der Waals surface area contributed by atoms with Gasteiger partial charge in [-0.05, 0) is 31.9 Å². The maximum atomic E-state index is 11.8. The van der Waals surface area contributed by atoms with Gasteiger partial charge in [-0.3, -0.25) is 9.78 Å². The number of esters is 1. The number of methoxy groups -OCH3 is 1. The second-order valence-electron chi connectivity index (χ2n) is 5.74. The van der Waals surface area contributed by atoms with Gasteiger partial charge < -0.3 is 9.64 Å². The maximum absolute atomic E-state index is 11.8. The zero-order chi connectivity index (χ0) is 16.2. The van der Waals surface area contributed by atoms with Crippen molar-refractivity contribution >= 4 is 11.8 Å². The molecule has 0 amide bonds. The summed E-state index contributed by atoms with van der Waals surface area (Å²) in [7, 11) is 1.44. The second kappa shape index (κ2) is 6.73. The van der Waals surface area contributed by atoms with Crippen molar-refractivity contribution in [1.29, 1.82) is 0 Å². The molecule has 2 aromatic heterocycles. The first kappa shape index (κ1) is 15.4. The van der Waals surface area contributed by atoms with Crippen molar-refractivity contribution in [2.75, 3.05) is 25.1 Å². The molecule has 0 N–H and O–H groups in total. The number of aryl methyl sites for hydroxylation is 1. The first-order valence-electron chi connectivity index (χ1n) is 7.76. The van der Waals surface area contributed by atoms with Crippen molar-refractivity contribution in [3.63, 3.8) is 0 Å². The quantitative estimate of drug-likeness (QED) is 0.810. The molecule has 1 aliphatic heterocycles. The van der Waals surface area contributed by atoms with E-state index in [-0.39, 0.29) is 11.9 Å². The molecule has 6 heteroatoms. The monoisotopic (exact) mass is 312 g/mol. The predicted octanol–water partition coefficient (Wildman–Crippen LogP) is 2.24. The number of ether oxygens (including phenoxy) is 1. The molecule has 0 spiro atoms. The van der Waals surface area contributed by atoms with Crippen LogP contribution < -0.4 is 4.90 Å². The second-order valence-corrected chi connectivity index (χ2v) is 5.74. The molecule has 0 aliphatic carbocycles. The summed E-state index contributed by atoms with van der Waals surface area (Å²) in [6, 6.07) is 5.77. The predicted molar refractivity (Wildman–Crippen MR) is 87.0 cm³/mol. The van der Waals surface area contributed by atoms with Gasteiger partial charge in [0, 0.05) is 42.8 Å². The Morgan fingerprint density at radius 1 is 1.39 bits per heavy atom. The van der Waals surface area contributed by atoms with Crippen LogP contribution in [0.3, 0.4) is 0 Å². The summed E-state index contributed by atoms with van der Waals surface area (Å²) >= 11 is 0. The fraction of sp³-hybridized carbons (Fsp3) is 0.412. The van der Waals surface area contributed by atoms with E-state index in [1.54, 1.807) is 12.4 Å². The number of hydrogen-bond acceptors (Lipinski definition) is 6. The number of pyridine rings is 1. The normalized spacial score (nSPS) is 17.8. The Hall–Kier alpha value is -2.50. The highest BCUT2D eigenvalue weighted by Crippen LogP contribution is 2.25. The lowest BCUT2D eigenvalue weighted by Crippen LogP contribution is -2.39. The van der Waals surface area contributed by atoms with Crippen LogP contribution >= 0.6 is 0 Å². The molecule has 1 fully saturated rings. The fourth-order valence-corrected chi connectivity index (χ4v) is 2.88. The number of carbonyl (C=O) groups is 1. The van der Waals surface area contributed by atoms with Crippen LogP contribution in [0.4, 0.5) is 5.82 Å². The molecule has 3 rings (SSSR count). The molecule has 2 aromatic rings. The van der Waals surface area contributed by atoms with E-state index in [0.29, 0.717) is 12.4 Å². The van der Waals surface area contributed by atoms with Crippen molar-refractivity contribution in [2.24, 2.45) is 5.92 Å². The number of rotatable bonds is 3. The Morgan fingerprint density at radius 2 is 2.26 bits per heavy atom. The largest absolute Gasteiger partial charge is 0.469 e. The molecular formula is C17H20N4O2. The van der Waals surface area contributed by atoms with Crippen molar-refractivity contribution in [2.45, 2.75) is 19.8 Å². The van der Waals surface area contributed by atoms with Gasteiger partial charge in [0.05, 0.1) is 13.0 Å². The van der Waals surface area contributed by atoms with E-state index in [9.17, 15) is 4.79 Å². The van der Waals surface area contributed by atoms with E-state index in [1.165, 1.54) is 7.11 Å². The summed E-state index contributed by atoms with van der Waals surface area (Å²) in [5, 5.41) is 0. The first-order valence-corrected chi connectivity index (χ1v) is 7.76. The average Bonchev–Trinajstić information content (AvgIpc) is 2.61. The number of anilines is 1. The number of nitrogens with zero attached hydrogens (tertiary/aromatic N) is 4. The summed E-state index contributed by atoms with van der Waals surface area (Å²) in [4.78, 5) is 27.2. The molecule has 0 bridgehead atoms. The Bertz CT molecular complexity index is 690. The topological polar surface area (TPSA) is 68.2 Å². The van der Waals surface area contributed by atoms with E-state index in [4.69, 9.17) is 4.74 Å². The number of piperidine rings is 1. The summed E-state index contributed by atoms with van der Waals surface area (Å²) in [6.45, 7) is 3.47. The molecule has 3 heterocycles. The van der Waals surface area contributed by atoms with Gasteiger partial charge >= 0.3 is 5.97 Å². The van der Waals surface area contributed by atoms with E-state index >= 15 is 0 Å². The number of aromatic nitrogens is 3. The van der Waals surface area contributed by atoms with Gasteiger partial charge in [-0.15, -0.1) is 0 Å². The number of hydrogen-bond donors (Lipinski definition) is 0. The smallest absolute Gasteiger partial charge is 0.310 e. The number of carbonyl (C=O) groups excluding carboxylic acids is 1. The third-order valence-corrected chi connectivity index (χ3v) is 4.04. The minimum atomic E-state index is -0.145. The molecule has 120 valence electrons. The average molecular weight is 312 g/mol. The van der Waals surface area contributed by atoms with E-state index in [0.717, 1.165) is 36.5 Å². The first-order chi connectivity index (χ1) is 11.2. The van der Waals surface area contributed by atoms with Gasteiger partial charge in [0.25, 0.3) is 0 Å². The van der Waals surface area contributed by atoms with Crippen molar-refractivity contribution in [3.8, 4) is 11.4 Å². The van der Waals surface area contributed by atoms with Crippen LogP contribution in [0.15, 0.2) is 30.6 Å². The summed E-state index contributed by atoms with van der Waals surface area (Å²) < 4.78 is 4.88. The third kappa shape index (κ3) is 3.47. The van der Waals surface area contributed by atoms with Crippen molar-refractivity contribution < 1.29 is 9.53 Å². The molecule has 1 aliphatic rings. The molecular weight excluding hydrogens is 292 g/mol. The van der Waals surface area contributed by atoms with Crippen molar-refractivity contribution in [1.82, 2.24) is 15.0 Å². The van der Waals surface area contributed by atoms with Gasteiger partial charge in [-0.2, -0.15) is 0 Å². The highest BCUT2D eigenvalue weighted by atomic mass is 16.5. The zero-order valence-electron chi connectivity index (χ0n) is 13.4. The summed E-state index contributed by atoms with van der Waals surface area (Å²) in [5.74, 6) is 1.28. The highest BCUT2D eigenvalue weighted by molar-refractivity contribution is 5.73. The zero-order valence-corrected chi connectivity index (χ0v) is 13.4. The lowest BCUT2D eigenvalue weighted by Gasteiger charge is -2.32. The standard InChI is InChI=1S/C17H20N4O2/c1-12-9-15(20-16(19-12)13-5-3-7-18-10-13)21-8-4-6-14(11-21)17(22)23-2/h3,5,7,9-10,14H,4,6,8,11H2,1-2H3/t14-/m1/s1. The van der Waals surface area contributed by atoms with E-state index in [1.807, 2.05) is 25.1 Å². The van der Waals surface area contributed by atoms with Crippen LogP contribution in [0.25, 0.3) is 11.4 Å². The molecule has 23 heavy (non-hydrogen) atoms. The molecule has 1 atom stereocenters. The van der Waals surface area contributed by atoms with Crippen LogP contribution in [-0.4, -0.2) is 41.1 Å². The lowest BCUT2D eigenvalue weighted by atomic mass is 9.98. The Labute approximate surface area is 135 Å². The Morgan fingerprint density at radius 3 is 3.00 bits per heavy atom. The molecule has 0 unspecified atom stereocenters. The summed E-state index contributed by atoms with van der Waals surface area (Å²) in [6.07, 6.45) is 5.30. The SMILES string of the molecule is COC(=O)[C@@H]1CCCN(c2cc(C)nc(-c3cccnc3)n2)C1. The van der Waals surface area contributed by atoms with Crippen LogP contribution in [0, 0.1) is 12.8 Å². The van der Waals surface area contributed by atoms with Crippen LogP contribution in [0.2, 0.25) is 0 Å². The van der Waals surface area contributed by atoms with E-state index < -0.39 is 0 Å². The van der Waals surface area contributed by atoms with Crippen LogP contribution in [0.1, 0.15) is 18.5 Å². The van der Waals surface area contributed by atoms with Crippen molar-refractivity contribution in [3.05, 3.63) is 36.3 Å². The van der Waals surface area contributed by atoms with Gasteiger partial charge in [0.2, 0.25) is 0 Å². The third-order valence-electron chi connectivity index (χ3n) is 4.04. The molecule has 0 aromatic carbocycles. The molecule has 6 nitrogen and oxygen atoms in total. The minimum Gasteiger partial charge on any atom is -0.469 e. The van der Waals surface area contributed by atoms with Crippen LogP contribution in [-0.2, 0) is 9.53 Å².